The fraction of sp³-hybridized carbons (Fsp3) is 0.486. The highest BCUT2D eigenvalue weighted by Crippen LogP contribution is 2.49. The minimum Gasteiger partial charge on any atom is -0.507 e. The summed E-state index contributed by atoms with van der Waals surface area (Å²) >= 11 is 3.12. The van der Waals surface area contributed by atoms with E-state index in [1.807, 2.05) is 0 Å². The predicted molar refractivity (Wildman–Crippen MR) is 187 cm³/mol. The number of esters is 1. The Balaban J connectivity index is 1.86. The number of ketones is 3. The van der Waals surface area contributed by atoms with E-state index in [9.17, 15) is 39.3 Å². The monoisotopic (exact) mass is 773 g/mol. The first-order valence-electron chi connectivity index (χ1n) is 16.5. The maximum absolute atomic E-state index is 14.0. The standard InChI is InChI=1S/C37H44BrNO12/c1-15-11-10-12-16(2)36(47)39-27-26(38)31(44)23-24(32(27)45)30(43)20(6)34-25(23)35(46)37(8,51-34)49-14-13-22(48-9)17(3)33(50-21(7)40)19(5)29(42)18(4)28(15)41/h10-15,17-19,22,28-29,33,41-43H,1-9H3,(H,39,47)/b11-10-,14-13?,16-12-/t15-,17+,18+,19+,22-,28-,29+,33+,37-/m0/s1. The average Bonchev–Trinajstić information content (AvgIpc) is 3.35. The third kappa shape index (κ3) is 7.32. The molecule has 0 saturated carbocycles. The van der Waals surface area contributed by atoms with Gasteiger partial charge in [-0.15, -0.1) is 0 Å². The molecule has 276 valence electrons. The molecule has 1 aromatic carbocycles. The molecule has 3 aliphatic heterocycles. The van der Waals surface area contributed by atoms with Gasteiger partial charge in [-0.05, 0) is 35.9 Å². The van der Waals surface area contributed by atoms with E-state index in [2.05, 4.69) is 21.2 Å². The summed E-state index contributed by atoms with van der Waals surface area (Å²) in [5, 5.41) is 36.2. The van der Waals surface area contributed by atoms with Crippen molar-refractivity contribution >= 4 is 45.2 Å². The fourth-order valence-electron chi connectivity index (χ4n) is 6.66. The molecule has 0 fully saturated rings. The molecule has 13 nitrogen and oxygen atoms in total. The molecule has 51 heavy (non-hydrogen) atoms. The number of phenolic OH excluding ortho intramolecular Hbond substituents is 1. The number of amides is 1. The van der Waals surface area contributed by atoms with Gasteiger partial charge in [-0.1, -0.05) is 45.9 Å². The Morgan fingerprint density at radius 2 is 1.59 bits per heavy atom. The number of aliphatic hydroxyl groups is 2. The number of carbonyl (C=O) groups is 5. The van der Waals surface area contributed by atoms with Crippen molar-refractivity contribution in [3.05, 3.63) is 68.6 Å². The number of nitrogens with one attached hydrogen (secondary N) is 1. The quantitative estimate of drug-likeness (QED) is 0.311. The highest BCUT2D eigenvalue weighted by Gasteiger charge is 2.52. The van der Waals surface area contributed by atoms with Gasteiger partial charge in [0.25, 0.3) is 11.7 Å². The molecule has 5 bridgehead atoms. The van der Waals surface area contributed by atoms with Crippen LogP contribution >= 0.6 is 15.9 Å². The molecule has 0 aromatic heterocycles. The van der Waals surface area contributed by atoms with Crippen molar-refractivity contribution in [1.29, 1.82) is 0 Å². The molecule has 1 aliphatic carbocycles. The summed E-state index contributed by atoms with van der Waals surface area (Å²) in [5.74, 6) is -9.18. The van der Waals surface area contributed by atoms with Gasteiger partial charge in [0.05, 0.1) is 45.7 Å². The number of carbonyl (C=O) groups excluding carboxylic acids is 5. The van der Waals surface area contributed by atoms with Crippen molar-refractivity contribution in [2.24, 2.45) is 23.7 Å². The van der Waals surface area contributed by atoms with E-state index in [1.54, 1.807) is 39.8 Å². The number of phenols is 1. The number of hydrogen-bond acceptors (Lipinski definition) is 12. The van der Waals surface area contributed by atoms with Crippen LogP contribution in [-0.2, 0) is 23.8 Å². The first-order chi connectivity index (χ1) is 23.8. The lowest BCUT2D eigenvalue weighted by atomic mass is 9.78. The molecule has 4 N–H and O–H groups in total. The zero-order chi connectivity index (χ0) is 38.3. The second-order valence-electron chi connectivity index (χ2n) is 13.5. The lowest BCUT2D eigenvalue weighted by molar-refractivity contribution is -0.160. The highest BCUT2D eigenvalue weighted by molar-refractivity contribution is 9.12. The molecule has 0 saturated heterocycles. The Hall–Kier alpha value is -4.11. The van der Waals surface area contributed by atoms with Crippen LogP contribution < -0.4 is 10.1 Å². The molecule has 0 unspecified atom stereocenters. The van der Waals surface area contributed by atoms with Crippen molar-refractivity contribution in [2.45, 2.75) is 85.6 Å². The van der Waals surface area contributed by atoms with Crippen LogP contribution in [0.1, 0.15) is 85.1 Å². The van der Waals surface area contributed by atoms with Crippen LogP contribution in [0.15, 0.2) is 46.3 Å². The SMILES string of the molecule is CO[C@H]1C=CO[C@@]2(C)Oc3c(C)c(O)c4c(c3C2=O)C(=O)C(Br)=C(NC(=O)/C(C)=C\C=C/[C@H](C)[C@H](O)[C@@H](C)[C@@H](O)[C@@H](C)[C@H](OC(C)=O)[C@@H]1C)C4=O. The Bertz CT molecular complexity index is 1780. The molecular formula is C37H44BrNO12. The van der Waals surface area contributed by atoms with Gasteiger partial charge in [-0.2, -0.15) is 0 Å². The van der Waals surface area contributed by atoms with Gasteiger partial charge in [-0.3, -0.25) is 24.0 Å². The Morgan fingerprint density at radius 3 is 2.20 bits per heavy atom. The lowest BCUT2D eigenvalue weighted by Gasteiger charge is -2.38. The zero-order valence-electron chi connectivity index (χ0n) is 29.9. The average molecular weight is 775 g/mol. The molecule has 14 heteroatoms. The molecule has 3 heterocycles. The van der Waals surface area contributed by atoms with Crippen molar-refractivity contribution < 1.29 is 58.2 Å². The van der Waals surface area contributed by atoms with Crippen LogP contribution in [-0.4, -0.2) is 81.9 Å². The summed E-state index contributed by atoms with van der Waals surface area (Å²) in [6.07, 6.45) is 3.37. The van der Waals surface area contributed by atoms with Gasteiger partial charge < -0.3 is 39.6 Å². The maximum Gasteiger partial charge on any atom is 0.312 e. The van der Waals surface area contributed by atoms with Crippen LogP contribution in [0.2, 0.25) is 0 Å². The van der Waals surface area contributed by atoms with E-state index in [0.717, 1.165) is 6.26 Å². The number of allylic oxidation sites excluding steroid dienone is 4. The predicted octanol–water partition coefficient (Wildman–Crippen LogP) is 4.35. The van der Waals surface area contributed by atoms with E-state index in [1.165, 1.54) is 47.0 Å². The van der Waals surface area contributed by atoms with E-state index >= 15 is 0 Å². The maximum atomic E-state index is 14.0. The first-order valence-corrected chi connectivity index (χ1v) is 17.3. The summed E-state index contributed by atoms with van der Waals surface area (Å²) in [6, 6.07) is 0. The smallest absolute Gasteiger partial charge is 0.312 e. The molecule has 0 spiro atoms. The van der Waals surface area contributed by atoms with Gasteiger partial charge in [0.15, 0.2) is 0 Å². The summed E-state index contributed by atoms with van der Waals surface area (Å²) < 4.78 is 22.8. The van der Waals surface area contributed by atoms with E-state index < -0.39 is 106 Å². The number of fused-ring (bicyclic) bond motifs is 14. The minimum absolute atomic E-state index is 0.00400. The summed E-state index contributed by atoms with van der Waals surface area (Å²) in [4.78, 5) is 67.0. The number of benzene rings is 1. The number of halogens is 1. The number of rotatable bonds is 2. The number of aromatic hydroxyl groups is 1. The summed E-state index contributed by atoms with van der Waals surface area (Å²) in [5.41, 5.74) is -1.45. The number of ether oxygens (including phenoxy) is 4. The largest absolute Gasteiger partial charge is 0.507 e. The molecule has 1 amide bonds. The lowest BCUT2D eigenvalue weighted by Crippen LogP contribution is -2.46. The number of methoxy groups -OCH3 is 1. The van der Waals surface area contributed by atoms with Gasteiger partial charge in [0, 0.05) is 55.8 Å². The molecule has 9 atom stereocenters. The van der Waals surface area contributed by atoms with Gasteiger partial charge in [0.2, 0.25) is 11.6 Å². The second kappa shape index (κ2) is 15.2. The van der Waals surface area contributed by atoms with Crippen molar-refractivity contribution in [3.63, 3.8) is 0 Å². The topological polar surface area (TPSA) is 195 Å². The Kier molecular flexibility index (Phi) is 11.9. The van der Waals surface area contributed by atoms with Gasteiger partial charge in [0.1, 0.15) is 23.3 Å². The minimum atomic E-state index is -2.05. The van der Waals surface area contributed by atoms with Crippen LogP contribution in [0.4, 0.5) is 0 Å². The van der Waals surface area contributed by atoms with Crippen molar-refractivity contribution in [2.75, 3.05) is 7.11 Å². The van der Waals surface area contributed by atoms with Crippen LogP contribution in [0, 0.1) is 30.6 Å². The van der Waals surface area contributed by atoms with E-state index in [-0.39, 0.29) is 26.9 Å². The molecule has 1 aromatic rings. The summed E-state index contributed by atoms with van der Waals surface area (Å²) in [6.45, 7) is 12.3. The van der Waals surface area contributed by atoms with E-state index in [4.69, 9.17) is 18.9 Å². The van der Waals surface area contributed by atoms with Crippen LogP contribution in [0.5, 0.6) is 11.5 Å². The number of hydrogen-bond donors (Lipinski definition) is 4. The number of Topliss-reactive ketones (excluding diaryl/α,β-unsaturated/α-hetero) is 3. The molecule has 4 aliphatic rings. The second-order valence-corrected chi connectivity index (χ2v) is 14.3. The van der Waals surface area contributed by atoms with Crippen molar-refractivity contribution in [3.8, 4) is 11.5 Å². The molecular weight excluding hydrogens is 730 g/mol. The zero-order valence-corrected chi connectivity index (χ0v) is 31.5. The van der Waals surface area contributed by atoms with Crippen molar-refractivity contribution in [1.82, 2.24) is 5.32 Å². The third-order valence-corrected chi connectivity index (χ3v) is 10.7. The molecule has 0 radical (unpaired) electrons. The van der Waals surface area contributed by atoms with Gasteiger partial charge >= 0.3 is 11.8 Å². The highest BCUT2D eigenvalue weighted by atomic mass is 79.9. The summed E-state index contributed by atoms with van der Waals surface area (Å²) in [7, 11) is 1.42. The molecule has 5 rings (SSSR count). The van der Waals surface area contributed by atoms with Crippen LogP contribution in [0.25, 0.3) is 0 Å². The normalized spacial score (nSPS) is 33.6. The first kappa shape index (κ1) is 39.7. The van der Waals surface area contributed by atoms with E-state index in [0.29, 0.717) is 0 Å². The number of aliphatic hydroxyl groups excluding tert-OH is 2. The Labute approximate surface area is 304 Å². The fourth-order valence-corrected chi connectivity index (χ4v) is 7.13. The Morgan fingerprint density at radius 1 is 0.941 bits per heavy atom. The van der Waals surface area contributed by atoms with Crippen LogP contribution in [0.3, 0.4) is 0 Å². The van der Waals surface area contributed by atoms with Gasteiger partial charge in [-0.25, -0.2) is 0 Å². The third-order valence-electron chi connectivity index (χ3n) is 9.90.